The molecule has 0 radical (unpaired) electrons. The van der Waals surface area contributed by atoms with Crippen LogP contribution < -0.4 is 0 Å². The van der Waals surface area contributed by atoms with E-state index in [4.69, 9.17) is 0 Å². The van der Waals surface area contributed by atoms with Gasteiger partial charge < -0.3 is 4.90 Å². The van der Waals surface area contributed by atoms with E-state index >= 15 is 0 Å². The topological polar surface area (TPSA) is 49.0 Å². The summed E-state index contributed by atoms with van der Waals surface area (Å²) in [5, 5.41) is 6.47. The van der Waals surface area contributed by atoms with Gasteiger partial charge in [-0.15, -0.1) is 0 Å². The molecule has 5 heteroatoms. The molecule has 0 spiro atoms. The first kappa shape index (κ1) is 9.89. The third-order valence-electron chi connectivity index (χ3n) is 2.45. The summed E-state index contributed by atoms with van der Waals surface area (Å²) in [5.74, 6) is -0.403. The molecular weight excluding hydrogens is 197 g/mol. The maximum Gasteiger partial charge on any atom is 0.257 e. The molecule has 1 aromatic rings. The molecule has 0 saturated carbocycles. The number of halogens is 1. The molecular formula is C10H12FN3O. The summed E-state index contributed by atoms with van der Waals surface area (Å²) >= 11 is 0. The van der Waals surface area contributed by atoms with E-state index in [1.54, 1.807) is 6.92 Å². The Bertz CT molecular complexity index is 411. The van der Waals surface area contributed by atoms with Gasteiger partial charge in [0, 0.05) is 12.2 Å². The zero-order valence-electron chi connectivity index (χ0n) is 8.46. The highest BCUT2D eigenvalue weighted by molar-refractivity contribution is 5.95. The summed E-state index contributed by atoms with van der Waals surface area (Å²) in [4.78, 5) is 13.4. The lowest BCUT2D eigenvalue weighted by Gasteiger charge is -2.24. The number of rotatable bonds is 1. The largest absolute Gasteiger partial charge is 0.332 e. The number of aromatic amines is 1. The quantitative estimate of drug-likeness (QED) is 0.760. The molecule has 1 aliphatic rings. The number of hydrogen-bond acceptors (Lipinski definition) is 2. The second-order valence-corrected chi connectivity index (χ2v) is 3.58. The van der Waals surface area contributed by atoms with Crippen LogP contribution in [0.25, 0.3) is 0 Å². The molecule has 0 saturated heterocycles. The van der Waals surface area contributed by atoms with Crippen LogP contribution in [-0.4, -0.2) is 34.1 Å². The molecule has 4 nitrogen and oxygen atoms in total. The van der Waals surface area contributed by atoms with Gasteiger partial charge in [-0.1, -0.05) is 0 Å². The lowest BCUT2D eigenvalue weighted by molar-refractivity contribution is 0.0754. The first-order valence-corrected chi connectivity index (χ1v) is 4.82. The van der Waals surface area contributed by atoms with Gasteiger partial charge in [-0.3, -0.25) is 9.89 Å². The van der Waals surface area contributed by atoms with Crippen LogP contribution in [0.3, 0.4) is 0 Å². The van der Waals surface area contributed by atoms with Crippen LogP contribution in [0.4, 0.5) is 4.39 Å². The standard InChI is InChI=1S/C10H12FN3O/c1-7-9(5-12-13-7)10(15)14-4-2-3-8(11)6-14/h3,5H,2,4,6H2,1H3,(H,12,13). The van der Waals surface area contributed by atoms with E-state index in [9.17, 15) is 9.18 Å². The number of hydrogen-bond donors (Lipinski definition) is 1. The van der Waals surface area contributed by atoms with E-state index in [2.05, 4.69) is 10.2 Å². The lowest BCUT2D eigenvalue weighted by atomic mass is 10.2. The van der Waals surface area contributed by atoms with Crippen molar-refractivity contribution in [2.45, 2.75) is 13.3 Å². The smallest absolute Gasteiger partial charge is 0.257 e. The Balaban J connectivity index is 2.16. The number of carbonyl (C=O) groups is 1. The normalized spacial score (nSPS) is 16.4. The van der Waals surface area contributed by atoms with Crippen molar-refractivity contribution in [2.24, 2.45) is 0 Å². The van der Waals surface area contributed by atoms with Crippen molar-refractivity contribution in [3.05, 3.63) is 29.4 Å². The minimum atomic E-state index is -0.240. The summed E-state index contributed by atoms with van der Waals surface area (Å²) in [7, 11) is 0. The van der Waals surface area contributed by atoms with Gasteiger partial charge >= 0.3 is 0 Å². The molecule has 1 N–H and O–H groups in total. The highest BCUT2D eigenvalue weighted by atomic mass is 19.1. The van der Waals surface area contributed by atoms with E-state index in [0.717, 1.165) is 5.69 Å². The SMILES string of the molecule is Cc1[nH]ncc1C(=O)N1CCC=C(F)C1. The summed E-state index contributed by atoms with van der Waals surface area (Å²) in [6.45, 7) is 2.41. The Labute approximate surface area is 86.8 Å². The summed E-state index contributed by atoms with van der Waals surface area (Å²) in [6.07, 6.45) is 3.58. The van der Waals surface area contributed by atoms with E-state index in [0.29, 0.717) is 18.5 Å². The minimum Gasteiger partial charge on any atom is -0.332 e. The maximum absolute atomic E-state index is 13.0. The molecule has 0 bridgehead atoms. The van der Waals surface area contributed by atoms with Crippen molar-refractivity contribution in [3.63, 3.8) is 0 Å². The number of aromatic nitrogens is 2. The average molecular weight is 209 g/mol. The van der Waals surface area contributed by atoms with Gasteiger partial charge in [0.05, 0.1) is 18.3 Å². The third kappa shape index (κ3) is 1.91. The fraction of sp³-hybridized carbons (Fsp3) is 0.400. The number of nitrogens with zero attached hydrogens (tertiary/aromatic N) is 2. The second kappa shape index (κ2) is 3.84. The first-order valence-electron chi connectivity index (χ1n) is 4.82. The van der Waals surface area contributed by atoms with Crippen LogP contribution in [0, 0.1) is 6.92 Å². The molecule has 1 aromatic heterocycles. The van der Waals surface area contributed by atoms with Gasteiger partial charge in [-0.05, 0) is 19.4 Å². The number of amides is 1. The lowest BCUT2D eigenvalue weighted by Crippen LogP contribution is -2.35. The van der Waals surface area contributed by atoms with Gasteiger partial charge in [0.2, 0.25) is 0 Å². The van der Waals surface area contributed by atoms with Gasteiger partial charge in [-0.2, -0.15) is 5.10 Å². The van der Waals surface area contributed by atoms with Gasteiger partial charge in [0.25, 0.3) is 5.91 Å². The fourth-order valence-corrected chi connectivity index (χ4v) is 1.61. The fourth-order valence-electron chi connectivity index (χ4n) is 1.61. The minimum absolute atomic E-state index is 0.0729. The Kier molecular flexibility index (Phi) is 2.53. The Morgan fingerprint density at radius 1 is 1.67 bits per heavy atom. The Hall–Kier alpha value is -1.65. The summed E-state index contributed by atoms with van der Waals surface area (Å²) in [5.41, 5.74) is 1.24. The maximum atomic E-state index is 13.0. The summed E-state index contributed by atoms with van der Waals surface area (Å²) < 4.78 is 13.0. The van der Waals surface area contributed by atoms with Crippen LogP contribution >= 0.6 is 0 Å². The number of H-pyrrole nitrogens is 1. The molecule has 0 aromatic carbocycles. The predicted molar refractivity (Wildman–Crippen MR) is 53.0 cm³/mol. The van der Waals surface area contributed by atoms with Crippen molar-refractivity contribution >= 4 is 5.91 Å². The number of carbonyl (C=O) groups excluding carboxylic acids is 1. The van der Waals surface area contributed by atoms with Crippen molar-refractivity contribution < 1.29 is 9.18 Å². The number of aryl methyl sites for hydroxylation is 1. The van der Waals surface area contributed by atoms with Crippen molar-refractivity contribution in [1.82, 2.24) is 15.1 Å². The second-order valence-electron chi connectivity index (χ2n) is 3.58. The van der Waals surface area contributed by atoms with Crippen molar-refractivity contribution in [2.75, 3.05) is 13.1 Å². The van der Waals surface area contributed by atoms with Gasteiger partial charge in [0.15, 0.2) is 0 Å². The molecule has 0 fully saturated rings. The van der Waals surface area contributed by atoms with E-state index in [-0.39, 0.29) is 18.3 Å². The molecule has 1 aliphatic heterocycles. The molecule has 0 atom stereocenters. The highest BCUT2D eigenvalue weighted by Crippen LogP contribution is 2.14. The molecule has 80 valence electrons. The Morgan fingerprint density at radius 3 is 3.07 bits per heavy atom. The first-order chi connectivity index (χ1) is 7.18. The van der Waals surface area contributed by atoms with Crippen molar-refractivity contribution in [1.29, 1.82) is 0 Å². The van der Waals surface area contributed by atoms with Gasteiger partial charge in [-0.25, -0.2) is 4.39 Å². The molecule has 2 heterocycles. The summed E-state index contributed by atoms with van der Waals surface area (Å²) in [6, 6.07) is 0. The van der Waals surface area contributed by atoms with Crippen LogP contribution in [0.5, 0.6) is 0 Å². The van der Waals surface area contributed by atoms with E-state index in [1.807, 2.05) is 0 Å². The molecule has 1 amide bonds. The van der Waals surface area contributed by atoms with Gasteiger partial charge in [0.1, 0.15) is 5.83 Å². The number of nitrogens with one attached hydrogen (secondary N) is 1. The zero-order chi connectivity index (χ0) is 10.8. The van der Waals surface area contributed by atoms with Crippen LogP contribution in [-0.2, 0) is 0 Å². The molecule has 0 aliphatic carbocycles. The van der Waals surface area contributed by atoms with E-state index in [1.165, 1.54) is 17.2 Å². The molecule has 15 heavy (non-hydrogen) atoms. The third-order valence-corrected chi connectivity index (χ3v) is 2.45. The Morgan fingerprint density at radius 2 is 2.47 bits per heavy atom. The predicted octanol–water partition coefficient (Wildman–Crippen LogP) is 1.42. The average Bonchev–Trinajstić information content (AvgIpc) is 2.63. The van der Waals surface area contributed by atoms with Crippen LogP contribution in [0.15, 0.2) is 18.1 Å². The monoisotopic (exact) mass is 209 g/mol. The molecule has 2 rings (SSSR count). The zero-order valence-corrected chi connectivity index (χ0v) is 8.46. The van der Waals surface area contributed by atoms with Crippen LogP contribution in [0.1, 0.15) is 22.5 Å². The van der Waals surface area contributed by atoms with E-state index < -0.39 is 0 Å². The van der Waals surface area contributed by atoms with Crippen LogP contribution in [0.2, 0.25) is 0 Å². The van der Waals surface area contributed by atoms with Crippen molar-refractivity contribution in [3.8, 4) is 0 Å². The molecule has 0 unspecified atom stereocenters. The highest BCUT2D eigenvalue weighted by Gasteiger charge is 2.21.